The molecule has 0 radical (unpaired) electrons. The molecule has 2 aromatic rings. The van der Waals surface area contributed by atoms with E-state index in [1.54, 1.807) is 32.8 Å². The molecule has 0 aliphatic heterocycles. The minimum Gasteiger partial charge on any atom is -0.493 e. The molecule has 106 valence electrons. The van der Waals surface area contributed by atoms with Crippen LogP contribution in [0.4, 0.5) is 0 Å². The first-order valence-electron chi connectivity index (χ1n) is 6.51. The Morgan fingerprint density at radius 1 is 1.15 bits per heavy atom. The predicted molar refractivity (Wildman–Crippen MR) is 77.1 cm³/mol. The zero-order chi connectivity index (χ0) is 14.4. The van der Waals surface area contributed by atoms with Gasteiger partial charge in [-0.05, 0) is 24.2 Å². The van der Waals surface area contributed by atoms with Gasteiger partial charge >= 0.3 is 0 Å². The number of aromatic nitrogens is 2. The second-order valence-electron chi connectivity index (χ2n) is 4.24. The lowest BCUT2D eigenvalue weighted by atomic mass is 10.0. The average Bonchev–Trinajstić information content (AvgIpc) is 2.52. The summed E-state index contributed by atoms with van der Waals surface area (Å²) in [5.41, 5.74) is 1.94. The molecule has 0 amide bonds. The molecule has 1 atom stereocenters. The number of methoxy groups -OCH3 is 2. The van der Waals surface area contributed by atoms with Gasteiger partial charge in [-0.1, -0.05) is 13.0 Å². The molecule has 0 aliphatic rings. The predicted octanol–water partition coefficient (Wildman–Crippen LogP) is 2.19. The van der Waals surface area contributed by atoms with Crippen molar-refractivity contribution in [3.63, 3.8) is 0 Å². The second kappa shape index (κ2) is 6.86. The lowest BCUT2D eigenvalue weighted by Gasteiger charge is -2.19. The third kappa shape index (κ3) is 3.05. The van der Waals surface area contributed by atoms with Gasteiger partial charge in [0.05, 0.1) is 32.2 Å². The van der Waals surface area contributed by atoms with Gasteiger partial charge in [0.1, 0.15) is 0 Å². The molecule has 0 saturated carbocycles. The standard InChI is InChI=1S/C15H19N3O2/c1-4-17-15(12-10-16-7-8-18-12)11-5-6-13(19-2)14(9-11)20-3/h5-10,15,17H,4H2,1-3H3. The Kier molecular flexibility index (Phi) is 4.90. The topological polar surface area (TPSA) is 56.3 Å². The number of hydrogen-bond acceptors (Lipinski definition) is 5. The van der Waals surface area contributed by atoms with Crippen LogP contribution in [0.2, 0.25) is 0 Å². The summed E-state index contributed by atoms with van der Waals surface area (Å²) in [6, 6.07) is 5.84. The van der Waals surface area contributed by atoms with Gasteiger partial charge in [-0.3, -0.25) is 9.97 Å². The van der Waals surface area contributed by atoms with Gasteiger partial charge in [0, 0.05) is 12.4 Å². The zero-order valence-corrected chi connectivity index (χ0v) is 12.0. The van der Waals surface area contributed by atoms with E-state index in [2.05, 4.69) is 22.2 Å². The molecular formula is C15H19N3O2. The maximum Gasteiger partial charge on any atom is 0.161 e. The molecule has 5 heteroatoms. The van der Waals surface area contributed by atoms with E-state index in [1.807, 2.05) is 18.2 Å². The number of hydrogen-bond donors (Lipinski definition) is 1. The van der Waals surface area contributed by atoms with Gasteiger partial charge in [-0.2, -0.15) is 0 Å². The lowest BCUT2D eigenvalue weighted by Crippen LogP contribution is -2.23. The lowest BCUT2D eigenvalue weighted by molar-refractivity contribution is 0.354. The van der Waals surface area contributed by atoms with Crippen molar-refractivity contribution in [1.82, 2.24) is 15.3 Å². The van der Waals surface area contributed by atoms with Gasteiger partial charge in [0.15, 0.2) is 11.5 Å². The smallest absolute Gasteiger partial charge is 0.161 e. The molecule has 0 bridgehead atoms. The summed E-state index contributed by atoms with van der Waals surface area (Å²) in [5.74, 6) is 1.42. The minimum atomic E-state index is -0.0199. The first kappa shape index (κ1) is 14.3. The Labute approximate surface area is 119 Å². The van der Waals surface area contributed by atoms with Crippen LogP contribution in [-0.4, -0.2) is 30.7 Å². The molecule has 1 N–H and O–H groups in total. The van der Waals surface area contributed by atoms with Crippen LogP contribution in [-0.2, 0) is 0 Å². The highest BCUT2D eigenvalue weighted by Gasteiger charge is 2.16. The summed E-state index contributed by atoms with van der Waals surface area (Å²) in [6.07, 6.45) is 5.13. The van der Waals surface area contributed by atoms with Crippen LogP contribution in [0.3, 0.4) is 0 Å². The Bertz CT molecular complexity index is 546. The quantitative estimate of drug-likeness (QED) is 0.874. The first-order chi connectivity index (χ1) is 9.80. The van der Waals surface area contributed by atoms with Gasteiger partial charge in [-0.15, -0.1) is 0 Å². The molecule has 1 aromatic heterocycles. The fourth-order valence-electron chi connectivity index (χ4n) is 2.09. The maximum atomic E-state index is 5.35. The van der Waals surface area contributed by atoms with Crippen LogP contribution < -0.4 is 14.8 Å². The first-order valence-corrected chi connectivity index (χ1v) is 6.51. The van der Waals surface area contributed by atoms with Gasteiger partial charge in [0.25, 0.3) is 0 Å². The average molecular weight is 273 g/mol. The van der Waals surface area contributed by atoms with E-state index in [0.717, 1.165) is 17.8 Å². The Balaban J connectivity index is 2.39. The highest BCUT2D eigenvalue weighted by molar-refractivity contribution is 5.45. The summed E-state index contributed by atoms with van der Waals surface area (Å²) in [5, 5.41) is 3.41. The van der Waals surface area contributed by atoms with Crippen molar-refractivity contribution >= 4 is 0 Å². The summed E-state index contributed by atoms with van der Waals surface area (Å²) in [4.78, 5) is 8.51. The molecule has 0 aliphatic carbocycles. The van der Waals surface area contributed by atoms with Crippen molar-refractivity contribution < 1.29 is 9.47 Å². The zero-order valence-electron chi connectivity index (χ0n) is 12.0. The number of nitrogens with one attached hydrogen (secondary N) is 1. The van der Waals surface area contributed by atoms with Crippen molar-refractivity contribution in [3.05, 3.63) is 48.0 Å². The molecule has 0 saturated heterocycles. The van der Waals surface area contributed by atoms with Gasteiger partial charge in [0.2, 0.25) is 0 Å². The number of rotatable bonds is 6. The Hall–Kier alpha value is -2.14. The van der Waals surface area contributed by atoms with Gasteiger partial charge in [-0.25, -0.2) is 0 Å². The molecule has 0 fully saturated rings. The molecule has 0 spiro atoms. The van der Waals surface area contributed by atoms with Gasteiger partial charge < -0.3 is 14.8 Å². The van der Waals surface area contributed by atoms with Crippen molar-refractivity contribution in [2.24, 2.45) is 0 Å². The van der Waals surface area contributed by atoms with Crippen molar-refractivity contribution in [1.29, 1.82) is 0 Å². The van der Waals surface area contributed by atoms with Crippen molar-refractivity contribution in [3.8, 4) is 11.5 Å². The third-order valence-corrected chi connectivity index (χ3v) is 3.03. The van der Waals surface area contributed by atoms with E-state index < -0.39 is 0 Å². The molecule has 5 nitrogen and oxygen atoms in total. The summed E-state index contributed by atoms with van der Waals surface area (Å²) in [6.45, 7) is 2.89. The van der Waals surface area contributed by atoms with Crippen LogP contribution in [0.5, 0.6) is 11.5 Å². The van der Waals surface area contributed by atoms with E-state index in [1.165, 1.54) is 0 Å². The number of benzene rings is 1. The van der Waals surface area contributed by atoms with E-state index in [0.29, 0.717) is 11.5 Å². The van der Waals surface area contributed by atoms with Crippen LogP contribution in [0.15, 0.2) is 36.8 Å². The third-order valence-electron chi connectivity index (χ3n) is 3.03. The number of nitrogens with zero attached hydrogens (tertiary/aromatic N) is 2. The number of ether oxygens (including phenoxy) is 2. The Morgan fingerprint density at radius 3 is 2.55 bits per heavy atom. The monoisotopic (exact) mass is 273 g/mol. The summed E-state index contributed by atoms with van der Waals surface area (Å²) in [7, 11) is 3.26. The highest BCUT2D eigenvalue weighted by Crippen LogP contribution is 2.31. The van der Waals surface area contributed by atoms with Crippen molar-refractivity contribution in [2.45, 2.75) is 13.0 Å². The fraction of sp³-hybridized carbons (Fsp3) is 0.333. The van der Waals surface area contributed by atoms with E-state index in [4.69, 9.17) is 9.47 Å². The van der Waals surface area contributed by atoms with E-state index in [9.17, 15) is 0 Å². The summed E-state index contributed by atoms with van der Waals surface area (Å²) < 4.78 is 10.6. The Morgan fingerprint density at radius 2 is 1.95 bits per heavy atom. The fourth-order valence-corrected chi connectivity index (χ4v) is 2.09. The summed E-state index contributed by atoms with van der Waals surface area (Å²) >= 11 is 0. The molecule has 2 rings (SSSR count). The largest absolute Gasteiger partial charge is 0.493 e. The SMILES string of the molecule is CCNC(c1ccc(OC)c(OC)c1)c1cnccn1. The van der Waals surface area contributed by atoms with Crippen LogP contribution >= 0.6 is 0 Å². The van der Waals surface area contributed by atoms with Crippen LogP contribution in [0, 0.1) is 0 Å². The molecule has 1 aromatic carbocycles. The molecule has 20 heavy (non-hydrogen) atoms. The molecular weight excluding hydrogens is 254 g/mol. The normalized spacial score (nSPS) is 11.9. The van der Waals surface area contributed by atoms with Crippen molar-refractivity contribution in [2.75, 3.05) is 20.8 Å². The highest BCUT2D eigenvalue weighted by atomic mass is 16.5. The molecule has 1 heterocycles. The second-order valence-corrected chi connectivity index (χ2v) is 4.24. The van der Waals surface area contributed by atoms with Crippen LogP contribution in [0.25, 0.3) is 0 Å². The van der Waals surface area contributed by atoms with Crippen LogP contribution in [0.1, 0.15) is 24.2 Å². The van der Waals surface area contributed by atoms with E-state index >= 15 is 0 Å². The minimum absolute atomic E-state index is 0.0199. The van der Waals surface area contributed by atoms with E-state index in [-0.39, 0.29) is 6.04 Å². The maximum absolute atomic E-state index is 5.35. The molecule has 1 unspecified atom stereocenters.